The van der Waals surface area contributed by atoms with Crippen molar-refractivity contribution in [2.24, 2.45) is 0 Å². The summed E-state index contributed by atoms with van der Waals surface area (Å²) in [5, 5.41) is 4.34. The molecule has 0 saturated carbocycles. The van der Waals surface area contributed by atoms with Crippen molar-refractivity contribution in [1.29, 1.82) is 0 Å². The molecule has 12 aromatic carbocycles. The van der Waals surface area contributed by atoms with Crippen molar-refractivity contribution in [1.82, 2.24) is 0 Å². The molecule has 1 aromatic heterocycles. The second-order valence-electron chi connectivity index (χ2n) is 19.5. The van der Waals surface area contributed by atoms with E-state index in [0.29, 0.717) is 0 Å². The van der Waals surface area contributed by atoms with E-state index in [0.717, 1.165) is 106 Å². The third kappa shape index (κ3) is 7.36. The molecule has 75 heavy (non-hydrogen) atoms. The Labute approximate surface area is 451 Å². The first kappa shape index (κ1) is 38.5. The Morgan fingerprint density at radius 2 is 0.880 bits per heavy atom. The Morgan fingerprint density at radius 3 is 1.55 bits per heavy atom. The van der Waals surface area contributed by atoms with Crippen molar-refractivity contribution < 1.29 is 8.22 Å². The largest absolute Gasteiger partial charge is 0.310 e. The number of aryl methyl sites for hydroxylation is 2. The van der Waals surface area contributed by atoms with E-state index in [2.05, 4.69) is 211 Å². The standard InChI is InChI=1S/C73H51NS/c1-48-29-42-65-67(46-48)73(55-21-10-5-11-22-55,56-36-30-54(31-37-56)59-26-16-27-64-63-25-14-15-28-70(63)75-72(59)64)68-47-49(2)45-66(71(65)68)61-43-44-69(62-24-13-12-23-60(61)62)74(57-38-32-52(33-39-57)50-17-6-3-7-18-50)58-40-34-53(35-41-58)51-19-8-4-9-20-51/h3-47H,1-2H3/i1D3,2D3. The zero-order valence-electron chi connectivity index (χ0n) is 46.8. The third-order valence-corrected chi connectivity index (χ3v) is 16.6. The highest BCUT2D eigenvalue weighted by atomic mass is 32.1. The summed E-state index contributed by atoms with van der Waals surface area (Å²) in [4.78, 5) is 2.30. The van der Waals surface area contributed by atoms with E-state index < -0.39 is 19.1 Å². The number of hydrogen-bond acceptors (Lipinski definition) is 2. The highest BCUT2D eigenvalue weighted by molar-refractivity contribution is 7.26. The van der Waals surface area contributed by atoms with Crippen LogP contribution in [0.25, 0.3) is 86.6 Å². The summed E-state index contributed by atoms with van der Waals surface area (Å²) < 4.78 is 56.3. The van der Waals surface area contributed by atoms with Gasteiger partial charge in [-0.3, -0.25) is 0 Å². The van der Waals surface area contributed by atoms with Gasteiger partial charge in [0, 0.05) is 45.2 Å². The van der Waals surface area contributed by atoms with Gasteiger partial charge >= 0.3 is 0 Å². The van der Waals surface area contributed by atoms with Crippen LogP contribution in [0, 0.1) is 13.7 Å². The van der Waals surface area contributed by atoms with Crippen molar-refractivity contribution in [2.45, 2.75) is 19.1 Å². The maximum Gasteiger partial charge on any atom is 0.0713 e. The van der Waals surface area contributed by atoms with E-state index >= 15 is 0 Å². The van der Waals surface area contributed by atoms with Gasteiger partial charge in [-0.05, 0) is 133 Å². The van der Waals surface area contributed by atoms with Gasteiger partial charge in [-0.15, -0.1) is 11.3 Å². The molecule has 0 amide bonds. The Morgan fingerprint density at radius 1 is 0.347 bits per heavy atom. The summed E-state index contributed by atoms with van der Waals surface area (Å²) in [5.74, 6) is 0. The molecule has 354 valence electrons. The van der Waals surface area contributed by atoms with Gasteiger partial charge in [0.2, 0.25) is 0 Å². The molecule has 0 aliphatic heterocycles. The molecule has 0 N–H and O–H groups in total. The average molecular weight is 980 g/mol. The zero-order chi connectivity index (χ0) is 55.0. The Bertz CT molecular complexity index is 4430. The lowest BCUT2D eigenvalue weighted by Gasteiger charge is -2.34. The van der Waals surface area contributed by atoms with Crippen LogP contribution in [0.4, 0.5) is 17.1 Å². The fraction of sp³-hybridized carbons (Fsp3) is 0.0411. The summed E-state index contributed by atoms with van der Waals surface area (Å²) in [5.41, 5.74) is 15.5. The van der Waals surface area contributed by atoms with E-state index in [4.69, 9.17) is 4.11 Å². The maximum absolute atomic E-state index is 9.18. The first-order valence-corrected chi connectivity index (χ1v) is 26.3. The minimum Gasteiger partial charge on any atom is -0.310 e. The second-order valence-corrected chi connectivity index (χ2v) is 20.6. The van der Waals surface area contributed by atoms with Gasteiger partial charge in [-0.25, -0.2) is 0 Å². The molecule has 13 aromatic rings. The van der Waals surface area contributed by atoms with E-state index in [1.807, 2.05) is 60.7 Å². The molecule has 0 fully saturated rings. The molecular weight excluding hydrogens is 923 g/mol. The van der Waals surface area contributed by atoms with Crippen molar-refractivity contribution in [2.75, 3.05) is 4.90 Å². The normalized spacial score (nSPS) is 15.3. The maximum atomic E-state index is 9.18. The van der Waals surface area contributed by atoms with Gasteiger partial charge in [-0.1, -0.05) is 248 Å². The Balaban J connectivity index is 1.00. The average Bonchev–Trinajstić information content (AvgIpc) is 3.95. The number of benzene rings is 12. The first-order chi connectivity index (χ1) is 39.4. The molecule has 1 aliphatic rings. The zero-order valence-corrected chi connectivity index (χ0v) is 41.7. The van der Waals surface area contributed by atoms with Gasteiger partial charge in [0.15, 0.2) is 0 Å². The Hall–Kier alpha value is -9.08. The summed E-state index contributed by atoms with van der Waals surface area (Å²) in [7, 11) is 0. The number of rotatable bonds is 9. The van der Waals surface area contributed by atoms with Crippen LogP contribution in [0.3, 0.4) is 0 Å². The van der Waals surface area contributed by atoms with E-state index in [9.17, 15) is 4.11 Å². The minimum absolute atomic E-state index is 0.195. The fourth-order valence-electron chi connectivity index (χ4n) is 12.0. The van der Waals surface area contributed by atoms with Gasteiger partial charge in [-0.2, -0.15) is 0 Å². The molecule has 2 heteroatoms. The number of anilines is 3. The van der Waals surface area contributed by atoms with Crippen molar-refractivity contribution in [3.8, 4) is 55.6 Å². The van der Waals surface area contributed by atoms with Crippen molar-refractivity contribution in [3.05, 3.63) is 306 Å². The van der Waals surface area contributed by atoms with E-state index in [1.165, 1.54) is 20.2 Å². The number of hydrogen-bond donors (Lipinski definition) is 0. The van der Waals surface area contributed by atoms with E-state index in [-0.39, 0.29) is 11.1 Å². The van der Waals surface area contributed by atoms with Crippen LogP contribution in [0.15, 0.2) is 273 Å². The predicted molar refractivity (Wildman–Crippen MR) is 320 cm³/mol. The number of fused-ring (bicyclic) bond motifs is 7. The van der Waals surface area contributed by atoms with Gasteiger partial charge in [0.05, 0.1) is 11.1 Å². The minimum atomic E-state index is -2.51. The lowest BCUT2D eigenvalue weighted by atomic mass is 9.67. The first-order valence-electron chi connectivity index (χ1n) is 28.5. The monoisotopic (exact) mass is 979 g/mol. The van der Waals surface area contributed by atoms with E-state index in [1.54, 1.807) is 17.4 Å². The molecule has 1 heterocycles. The van der Waals surface area contributed by atoms with Crippen LogP contribution in [-0.4, -0.2) is 0 Å². The van der Waals surface area contributed by atoms with Crippen LogP contribution in [0.2, 0.25) is 0 Å². The lowest BCUT2D eigenvalue weighted by Crippen LogP contribution is -2.28. The smallest absolute Gasteiger partial charge is 0.0713 e. The van der Waals surface area contributed by atoms with Crippen molar-refractivity contribution >= 4 is 59.3 Å². The second kappa shape index (κ2) is 18.1. The molecule has 0 bridgehead atoms. The number of nitrogens with zero attached hydrogens (tertiary/aromatic N) is 1. The summed E-state index contributed by atoms with van der Waals surface area (Å²) >= 11 is 1.79. The molecule has 1 nitrogen and oxygen atoms in total. The molecule has 1 aliphatic carbocycles. The summed E-state index contributed by atoms with van der Waals surface area (Å²) in [6.45, 7) is -4.94. The topological polar surface area (TPSA) is 3.24 Å². The van der Waals surface area contributed by atoms with Crippen LogP contribution in [-0.2, 0) is 5.41 Å². The molecule has 0 radical (unpaired) electrons. The lowest BCUT2D eigenvalue weighted by molar-refractivity contribution is 0.767. The predicted octanol–water partition coefficient (Wildman–Crippen LogP) is 20.3. The molecule has 0 saturated heterocycles. The Kier molecular flexibility index (Phi) is 9.32. The van der Waals surface area contributed by atoms with Crippen LogP contribution in [0.5, 0.6) is 0 Å². The van der Waals surface area contributed by atoms with Crippen molar-refractivity contribution in [3.63, 3.8) is 0 Å². The third-order valence-electron chi connectivity index (χ3n) is 15.4. The van der Waals surface area contributed by atoms with Gasteiger partial charge in [0.1, 0.15) is 0 Å². The van der Waals surface area contributed by atoms with Crippen LogP contribution < -0.4 is 4.90 Å². The molecule has 14 rings (SSSR count). The molecule has 1 atom stereocenters. The molecule has 1 unspecified atom stereocenters. The number of thiophene rings is 1. The highest BCUT2D eigenvalue weighted by Crippen LogP contribution is 2.60. The molecule has 0 spiro atoms. The summed E-state index contributed by atoms with van der Waals surface area (Å²) in [6, 6.07) is 93.9. The van der Waals surface area contributed by atoms with Gasteiger partial charge < -0.3 is 4.90 Å². The quantitative estimate of drug-likeness (QED) is 0.139. The van der Waals surface area contributed by atoms with Crippen LogP contribution in [0.1, 0.15) is 41.6 Å². The summed E-state index contributed by atoms with van der Waals surface area (Å²) in [6.07, 6.45) is 0. The van der Waals surface area contributed by atoms with Gasteiger partial charge in [0.25, 0.3) is 0 Å². The SMILES string of the molecule is [2H]C([2H])([2H])c1ccc2c(c1)C(c1ccccc1)(c1ccc(-c3cccc4c3sc3ccccc34)cc1)c1cc(C([2H])([2H])[2H])cc(-c3ccc(N(c4ccc(-c5ccccc5)cc4)c4ccc(-c5ccccc5)cc4)c4ccccc34)c1-2. The molecular formula is C73H51NS. The fourth-order valence-corrected chi connectivity index (χ4v) is 13.3. The van der Waals surface area contributed by atoms with Crippen LogP contribution >= 0.6 is 11.3 Å². The highest BCUT2D eigenvalue weighted by Gasteiger charge is 2.47.